The summed E-state index contributed by atoms with van der Waals surface area (Å²) in [6.07, 6.45) is 3.66. The van der Waals surface area contributed by atoms with E-state index in [0.29, 0.717) is 24.3 Å². The number of nitrogens with zero attached hydrogens (tertiary/aromatic N) is 3. The van der Waals surface area contributed by atoms with Crippen LogP contribution in [0.1, 0.15) is 53.0 Å². The second-order valence-corrected chi connectivity index (χ2v) is 8.48. The molecule has 1 saturated heterocycles. The van der Waals surface area contributed by atoms with E-state index in [0.717, 1.165) is 57.0 Å². The molecule has 0 spiro atoms. The third kappa shape index (κ3) is 6.80. The number of hydrogen-bond donors (Lipinski definition) is 0. The van der Waals surface area contributed by atoms with Crippen LogP contribution in [0.5, 0.6) is 5.88 Å². The van der Waals surface area contributed by atoms with E-state index in [2.05, 4.69) is 48.5 Å². The summed E-state index contributed by atoms with van der Waals surface area (Å²) >= 11 is 0. The summed E-state index contributed by atoms with van der Waals surface area (Å²) in [5, 5.41) is 0. The summed E-state index contributed by atoms with van der Waals surface area (Å²) in [4.78, 5) is 21.9. The lowest BCUT2D eigenvalue weighted by molar-refractivity contribution is -0.138. The molecule has 152 valence electrons. The Morgan fingerprint density at radius 1 is 1.22 bits per heavy atom. The molecule has 0 bridgehead atoms. The smallest absolute Gasteiger partial charge is 0.225 e. The molecule has 1 aromatic rings. The fourth-order valence-electron chi connectivity index (χ4n) is 3.78. The van der Waals surface area contributed by atoms with Crippen molar-refractivity contribution in [2.24, 2.45) is 17.8 Å². The van der Waals surface area contributed by atoms with E-state index >= 15 is 0 Å². The molecule has 0 aromatic carbocycles. The Morgan fingerprint density at radius 3 is 2.41 bits per heavy atom. The standard InChI is InChI=1S/C22H37N3O2/c1-6-27-21-20(8-7-11-23-21)16-24-12-9-19(10-13-24)22(26)25(14-17(2)3)15-18(4)5/h7-8,11,17-19H,6,9-10,12-16H2,1-5H3. The Hall–Kier alpha value is -1.62. The third-order valence-corrected chi connectivity index (χ3v) is 4.94. The molecule has 2 heterocycles. The van der Waals surface area contributed by atoms with Crippen LogP contribution in [-0.2, 0) is 11.3 Å². The molecule has 0 saturated carbocycles. The zero-order chi connectivity index (χ0) is 19.8. The summed E-state index contributed by atoms with van der Waals surface area (Å²) in [5.41, 5.74) is 1.13. The lowest BCUT2D eigenvalue weighted by Gasteiger charge is -2.35. The van der Waals surface area contributed by atoms with Crippen molar-refractivity contribution in [2.45, 2.75) is 54.0 Å². The normalized spacial score (nSPS) is 16.1. The molecule has 0 aliphatic carbocycles. The largest absolute Gasteiger partial charge is 0.478 e. The van der Waals surface area contributed by atoms with Gasteiger partial charge in [0.2, 0.25) is 11.8 Å². The molecule has 2 rings (SSSR count). The molecule has 5 heteroatoms. The quantitative estimate of drug-likeness (QED) is 0.658. The van der Waals surface area contributed by atoms with Crippen LogP contribution in [0.25, 0.3) is 0 Å². The first kappa shape index (κ1) is 21.7. The molecule has 0 N–H and O–H groups in total. The second kappa shape index (κ2) is 10.6. The summed E-state index contributed by atoms with van der Waals surface area (Å²) in [6, 6.07) is 4.05. The SMILES string of the molecule is CCOc1ncccc1CN1CCC(C(=O)N(CC(C)C)CC(C)C)CC1. The highest BCUT2D eigenvalue weighted by Gasteiger charge is 2.29. The molecular weight excluding hydrogens is 338 g/mol. The van der Waals surface area contributed by atoms with Gasteiger partial charge in [-0.1, -0.05) is 33.8 Å². The fraction of sp³-hybridized carbons (Fsp3) is 0.727. The minimum atomic E-state index is 0.166. The fourth-order valence-corrected chi connectivity index (χ4v) is 3.78. The van der Waals surface area contributed by atoms with E-state index < -0.39 is 0 Å². The van der Waals surface area contributed by atoms with Crippen molar-refractivity contribution >= 4 is 5.91 Å². The van der Waals surface area contributed by atoms with Crippen LogP contribution in [-0.4, -0.2) is 53.5 Å². The van der Waals surface area contributed by atoms with Gasteiger partial charge in [0.25, 0.3) is 0 Å². The van der Waals surface area contributed by atoms with E-state index in [1.807, 2.05) is 13.0 Å². The van der Waals surface area contributed by atoms with Crippen molar-refractivity contribution in [3.63, 3.8) is 0 Å². The first-order valence-corrected chi connectivity index (χ1v) is 10.5. The first-order chi connectivity index (χ1) is 12.9. The number of aromatic nitrogens is 1. The molecule has 0 unspecified atom stereocenters. The molecule has 5 nitrogen and oxygen atoms in total. The number of piperidine rings is 1. The lowest BCUT2D eigenvalue weighted by atomic mass is 9.94. The highest BCUT2D eigenvalue weighted by Crippen LogP contribution is 2.24. The van der Waals surface area contributed by atoms with Crippen molar-refractivity contribution in [3.8, 4) is 5.88 Å². The number of pyridine rings is 1. The molecule has 27 heavy (non-hydrogen) atoms. The number of carbonyl (C=O) groups is 1. The van der Waals surface area contributed by atoms with E-state index in [4.69, 9.17) is 4.74 Å². The number of amides is 1. The predicted octanol–water partition coefficient (Wildman–Crippen LogP) is 3.83. The topological polar surface area (TPSA) is 45.7 Å². The molecule has 1 aliphatic rings. The van der Waals surface area contributed by atoms with Crippen molar-refractivity contribution < 1.29 is 9.53 Å². The number of rotatable bonds is 9. The molecule has 1 amide bonds. The predicted molar refractivity (Wildman–Crippen MR) is 110 cm³/mol. The lowest BCUT2D eigenvalue weighted by Crippen LogP contribution is -2.44. The number of likely N-dealkylation sites (tertiary alicyclic amines) is 1. The monoisotopic (exact) mass is 375 g/mol. The van der Waals surface area contributed by atoms with Gasteiger partial charge in [0.05, 0.1) is 6.61 Å². The zero-order valence-corrected chi connectivity index (χ0v) is 17.8. The zero-order valence-electron chi connectivity index (χ0n) is 17.8. The van der Waals surface area contributed by atoms with Crippen LogP contribution in [0.3, 0.4) is 0 Å². The minimum Gasteiger partial charge on any atom is -0.478 e. The Bertz CT molecular complexity index is 571. The van der Waals surface area contributed by atoms with Gasteiger partial charge in [-0.2, -0.15) is 0 Å². The van der Waals surface area contributed by atoms with Crippen molar-refractivity contribution in [1.29, 1.82) is 0 Å². The number of hydrogen-bond acceptors (Lipinski definition) is 4. The Labute approximate surface area is 165 Å². The van der Waals surface area contributed by atoms with Gasteiger partial charge in [-0.05, 0) is 50.8 Å². The van der Waals surface area contributed by atoms with Crippen molar-refractivity contribution in [1.82, 2.24) is 14.8 Å². The van der Waals surface area contributed by atoms with Gasteiger partial charge in [-0.15, -0.1) is 0 Å². The van der Waals surface area contributed by atoms with Gasteiger partial charge in [0, 0.05) is 37.3 Å². The van der Waals surface area contributed by atoms with Crippen molar-refractivity contribution in [2.75, 3.05) is 32.8 Å². The van der Waals surface area contributed by atoms with Crippen LogP contribution in [0.2, 0.25) is 0 Å². The van der Waals surface area contributed by atoms with Crippen LogP contribution in [0.4, 0.5) is 0 Å². The van der Waals surface area contributed by atoms with E-state index in [9.17, 15) is 4.79 Å². The average Bonchev–Trinajstić information content (AvgIpc) is 2.62. The van der Waals surface area contributed by atoms with Gasteiger partial charge in [0.15, 0.2) is 0 Å². The maximum Gasteiger partial charge on any atom is 0.225 e. The molecule has 0 radical (unpaired) electrons. The van der Waals surface area contributed by atoms with Crippen molar-refractivity contribution in [3.05, 3.63) is 23.9 Å². The van der Waals surface area contributed by atoms with E-state index in [-0.39, 0.29) is 5.92 Å². The number of carbonyl (C=O) groups excluding carboxylic acids is 1. The van der Waals surface area contributed by atoms with Gasteiger partial charge < -0.3 is 9.64 Å². The maximum absolute atomic E-state index is 13.1. The summed E-state index contributed by atoms with van der Waals surface area (Å²) in [5.74, 6) is 2.27. The van der Waals surface area contributed by atoms with E-state index in [1.54, 1.807) is 6.20 Å². The van der Waals surface area contributed by atoms with Gasteiger partial charge in [0.1, 0.15) is 0 Å². The summed E-state index contributed by atoms with van der Waals surface area (Å²) in [6.45, 7) is 15.8. The number of ether oxygens (including phenoxy) is 1. The van der Waals surface area contributed by atoms with Gasteiger partial charge in [-0.3, -0.25) is 9.69 Å². The Balaban J connectivity index is 1.91. The highest BCUT2D eigenvalue weighted by molar-refractivity contribution is 5.79. The van der Waals surface area contributed by atoms with Crippen LogP contribution >= 0.6 is 0 Å². The summed E-state index contributed by atoms with van der Waals surface area (Å²) in [7, 11) is 0. The van der Waals surface area contributed by atoms with Crippen LogP contribution in [0.15, 0.2) is 18.3 Å². The summed E-state index contributed by atoms with van der Waals surface area (Å²) < 4.78 is 5.64. The third-order valence-electron chi connectivity index (χ3n) is 4.94. The van der Waals surface area contributed by atoms with Gasteiger partial charge >= 0.3 is 0 Å². The first-order valence-electron chi connectivity index (χ1n) is 10.5. The average molecular weight is 376 g/mol. The minimum absolute atomic E-state index is 0.166. The molecular formula is C22H37N3O2. The van der Waals surface area contributed by atoms with Crippen LogP contribution in [0, 0.1) is 17.8 Å². The highest BCUT2D eigenvalue weighted by atomic mass is 16.5. The Kier molecular flexibility index (Phi) is 8.55. The Morgan fingerprint density at radius 2 is 1.85 bits per heavy atom. The molecule has 1 fully saturated rings. The van der Waals surface area contributed by atoms with Crippen LogP contribution < -0.4 is 4.74 Å². The van der Waals surface area contributed by atoms with Gasteiger partial charge in [-0.25, -0.2) is 4.98 Å². The molecule has 0 atom stereocenters. The van der Waals surface area contributed by atoms with E-state index in [1.165, 1.54) is 0 Å². The maximum atomic E-state index is 13.1. The second-order valence-electron chi connectivity index (χ2n) is 8.48. The molecule has 1 aliphatic heterocycles. The molecule has 1 aromatic heterocycles.